The lowest BCUT2D eigenvalue weighted by Crippen LogP contribution is -2.50. The van der Waals surface area contributed by atoms with Gasteiger partial charge in [0.2, 0.25) is 0 Å². The van der Waals surface area contributed by atoms with Crippen LogP contribution in [-0.4, -0.2) is 54.6 Å². The number of carbonyl (C=O) groups excluding carboxylic acids is 1. The van der Waals surface area contributed by atoms with Crippen molar-refractivity contribution in [1.82, 2.24) is 4.90 Å². The Balaban J connectivity index is 1.92. The molecule has 5 heteroatoms. The topological polar surface area (TPSA) is 38.8 Å². The van der Waals surface area contributed by atoms with Crippen LogP contribution in [0.15, 0.2) is 0 Å². The van der Waals surface area contributed by atoms with Gasteiger partial charge >= 0.3 is 0 Å². The number of hydrogen-bond donors (Lipinski definition) is 0. The zero-order valence-corrected chi connectivity index (χ0v) is 11.8. The van der Waals surface area contributed by atoms with E-state index >= 15 is 0 Å². The molecule has 1 amide bonds. The van der Waals surface area contributed by atoms with Crippen LogP contribution in [0.2, 0.25) is 0 Å². The van der Waals surface area contributed by atoms with Crippen LogP contribution in [0.3, 0.4) is 0 Å². The molecule has 0 aromatic heterocycles. The van der Waals surface area contributed by atoms with E-state index in [0.29, 0.717) is 30.7 Å². The predicted octanol–water partition coefficient (Wildman–Crippen LogP) is 1.57. The molecular formula is C12H20BrNO3. The van der Waals surface area contributed by atoms with Gasteiger partial charge in [-0.25, -0.2) is 0 Å². The maximum Gasteiger partial charge on any atom is 0.254 e. The molecule has 0 spiro atoms. The van der Waals surface area contributed by atoms with Crippen LogP contribution in [0.1, 0.15) is 25.7 Å². The number of ether oxygens (including phenoxy) is 2. The van der Waals surface area contributed by atoms with Gasteiger partial charge in [0.1, 0.15) is 0 Å². The number of carbonyl (C=O) groups is 1. The van der Waals surface area contributed by atoms with Crippen LogP contribution >= 0.6 is 15.9 Å². The van der Waals surface area contributed by atoms with Crippen LogP contribution in [0.5, 0.6) is 0 Å². The van der Waals surface area contributed by atoms with Gasteiger partial charge in [0.15, 0.2) is 6.10 Å². The fourth-order valence-electron chi connectivity index (χ4n) is 2.52. The highest BCUT2D eigenvalue weighted by atomic mass is 79.9. The number of hydrogen-bond acceptors (Lipinski definition) is 3. The Labute approximate surface area is 111 Å². The minimum absolute atomic E-state index is 0.0565. The van der Waals surface area contributed by atoms with E-state index in [1.807, 2.05) is 11.9 Å². The van der Waals surface area contributed by atoms with Crippen molar-refractivity contribution < 1.29 is 14.3 Å². The summed E-state index contributed by atoms with van der Waals surface area (Å²) >= 11 is 3.68. The second-order valence-electron chi connectivity index (χ2n) is 4.75. The van der Waals surface area contributed by atoms with Gasteiger partial charge in [0.25, 0.3) is 5.91 Å². The monoisotopic (exact) mass is 305 g/mol. The number of rotatable bonds is 2. The molecule has 0 N–H and O–H groups in total. The van der Waals surface area contributed by atoms with Gasteiger partial charge in [0, 0.05) is 17.9 Å². The van der Waals surface area contributed by atoms with E-state index in [0.717, 1.165) is 12.8 Å². The van der Waals surface area contributed by atoms with Crippen molar-refractivity contribution >= 4 is 21.8 Å². The second-order valence-corrected chi connectivity index (χ2v) is 5.93. The molecule has 2 aliphatic rings. The van der Waals surface area contributed by atoms with Crippen molar-refractivity contribution in [3.63, 3.8) is 0 Å². The summed E-state index contributed by atoms with van der Waals surface area (Å²) in [5, 5.41) is 0. The van der Waals surface area contributed by atoms with Gasteiger partial charge < -0.3 is 14.4 Å². The summed E-state index contributed by atoms with van der Waals surface area (Å²) in [6, 6.07) is 0.293. The SMILES string of the molecule is CN(C(=O)C1COCCO1)C1CCCCC1Br. The molecule has 1 saturated carbocycles. The highest BCUT2D eigenvalue weighted by Gasteiger charge is 2.33. The molecule has 17 heavy (non-hydrogen) atoms. The Bertz CT molecular complexity index is 268. The largest absolute Gasteiger partial charge is 0.376 e. The van der Waals surface area contributed by atoms with E-state index in [1.165, 1.54) is 12.8 Å². The smallest absolute Gasteiger partial charge is 0.254 e. The van der Waals surface area contributed by atoms with E-state index in [9.17, 15) is 4.79 Å². The lowest BCUT2D eigenvalue weighted by atomic mass is 9.94. The third kappa shape index (κ3) is 3.20. The third-order valence-corrected chi connectivity index (χ3v) is 4.65. The van der Waals surface area contributed by atoms with Gasteiger partial charge in [-0.05, 0) is 12.8 Å². The van der Waals surface area contributed by atoms with E-state index < -0.39 is 6.10 Å². The summed E-state index contributed by atoms with van der Waals surface area (Å²) in [7, 11) is 1.88. The second kappa shape index (κ2) is 6.16. The summed E-state index contributed by atoms with van der Waals surface area (Å²) in [6.07, 6.45) is 4.26. The maximum atomic E-state index is 12.2. The fraction of sp³-hybridized carbons (Fsp3) is 0.917. The van der Waals surface area contributed by atoms with Crippen molar-refractivity contribution in [2.45, 2.75) is 42.7 Å². The summed E-state index contributed by atoms with van der Waals surface area (Å²) in [4.78, 5) is 14.5. The first-order valence-corrected chi connectivity index (χ1v) is 7.22. The zero-order valence-electron chi connectivity index (χ0n) is 10.2. The van der Waals surface area contributed by atoms with Crippen molar-refractivity contribution in [1.29, 1.82) is 0 Å². The molecule has 1 heterocycles. The molecular weight excluding hydrogens is 286 g/mol. The Morgan fingerprint density at radius 2 is 2.06 bits per heavy atom. The number of likely N-dealkylation sites (N-methyl/N-ethyl adjacent to an activating group) is 1. The molecule has 4 nitrogen and oxygen atoms in total. The highest BCUT2D eigenvalue weighted by molar-refractivity contribution is 9.09. The fourth-order valence-corrected chi connectivity index (χ4v) is 3.47. The average Bonchev–Trinajstić information content (AvgIpc) is 2.39. The molecule has 0 bridgehead atoms. The molecule has 0 radical (unpaired) electrons. The predicted molar refractivity (Wildman–Crippen MR) is 68.3 cm³/mol. The lowest BCUT2D eigenvalue weighted by molar-refractivity contribution is -0.159. The lowest BCUT2D eigenvalue weighted by Gasteiger charge is -2.37. The number of amides is 1. The number of halogens is 1. The standard InChI is InChI=1S/C12H20BrNO3/c1-14(10-5-3-2-4-9(10)13)12(15)11-8-16-6-7-17-11/h9-11H,2-8H2,1H3. The van der Waals surface area contributed by atoms with Gasteiger partial charge in [-0.15, -0.1) is 0 Å². The average molecular weight is 306 g/mol. The Hall–Kier alpha value is -0.130. The molecule has 98 valence electrons. The Morgan fingerprint density at radius 3 is 2.71 bits per heavy atom. The van der Waals surface area contributed by atoms with Crippen LogP contribution in [0.4, 0.5) is 0 Å². The first kappa shape index (κ1) is 13.3. The van der Waals surface area contributed by atoms with Crippen LogP contribution in [-0.2, 0) is 14.3 Å². The summed E-state index contributed by atoms with van der Waals surface area (Å²) in [5.74, 6) is 0.0565. The van der Waals surface area contributed by atoms with Crippen LogP contribution < -0.4 is 0 Å². The number of alkyl halides is 1. The highest BCUT2D eigenvalue weighted by Crippen LogP contribution is 2.28. The van der Waals surface area contributed by atoms with Crippen molar-refractivity contribution in [2.24, 2.45) is 0 Å². The molecule has 1 aliphatic carbocycles. The molecule has 1 aliphatic heterocycles. The first-order chi connectivity index (χ1) is 8.20. The maximum absolute atomic E-state index is 12.2. The number of nitrogens with zero attached hydrogens (tertiary/aromatic N) is 1. The van der Waals surface area contributed by atoms with Gasteiger partial charge in [-0.2, -0.15) is 0 Å². The minimum Gasteiger partial charge on any atom is -0.376 e. The summed E-state index contributed by atoms with van der Waals surface area (Å²) in [6.45, 7) is 1.51. The van der Waals surface area contributed by atoms with Crippen molar-refractivity contribution in [2.75, 3.05) is 26.9 Å². The molecule has 1 saturated heterocycles. The van der Waals surface area contributed by atoms with E-state index in [4.69, 9.17) is 9.47 Å². The molecule has 2 rings (SSSR count). The Kier molecular flexibility index (Phi) is 4.82. The minimum atomic E-state index is -0.407. The summed E-state index contributed by atoms with van der Waals surface area (Å²) < 4.78 is 10.7. The van der Waals surface area contributed by atoms with Gasteiger partial charge in [-0.1, -0.05) is 28.8 Å². The van der Waals surface area contributed by atoms with Crippen LogP contribution in [0.25, 0.3) is 0 Å². The summed E-state index contributed by atoms with van der Waals surface area (Å²) in [5.41, 5.74) is 0. The zero-order chi connectivity index (χ0) is 12.3. The van der Waals surface area contributed by atoms with Crippen molar-refractivity contribution in [3.8, 4) is 0 Å². The molecule has 3 unspecified atom stereocenters. The molecule has 2 fully saturated rings. The molecule has 3 atom stereocenters. The Morgan fingerprint density at radius 1 is 1.29 bits per heavy atom. The van der Waals surface area contributed by atoms with E-state index in [1.54, 1.807) is 0 Å². The van der Waals surface area contributed by atoms with Gasteiger partial charge in [0.05, 0.1) is 19.8 Å². The third-order valence-electron chi connectivity index (χ3n) is 3.58. The molecule has 0 aromatic carbocycles. The molecule has 0 aromatic rings. The van der Waals surface area contributed by atoms with E-state index in [-0.39, 0.29) is 5.91 Å². The normalized spacial score (nSPS) is 34.4. The van der Waals surface area contributed by atoms with Gasteiger partial charge in [-0.3, -0.25) is 4.79 Å². The van der Waals surface area contributed by atoms with E-state index in [2.05, 4.69) is 15.9 Å². The van der Waals surface area contributed by atoms with Crippen LogP contribution in [0, 0.1) is 0 Å². The first-order valence-electron chi connectivity index (χ1n) is 6.30. The quantitative estimate of drug-likeness (QED) is 0.727. The van der Waals surface area contributed by atoms with Crippen molar-refractivity contribution in [3.05, 3.63) is 0 Å².